The van der Waals surface area contributed by atoms with Crippen LogP contribution in [-0.4, -0.2) is 34.1 Å². The summed E-state index contributed by atoms with van der Waals surface area (Å²) in [6, 6.07) is 12.2. The second-order valence-electron chi connectivity index (χ2n) is 5.88. The number of ether oxygens (including phenoxy) is 1. The van der Waals surface area contributed by atoms with Gasteiger partial charge in [0.2, 0.25) is 10.0 Å². The van der Waals surface area contributed by atoms with Crippen LogP contribution in [0.25, 0.3) is 0 Å². The van der Waals surface area contributed by atoms with Crippen LogP contribution in [0.4, 0.5) is 4.39 Å². The zero-order valence-corrected chi connectivity index (χ0v) is 16.0. The van der Waals surface area contributed by atoms with E-state index >= 15 is 0 Å². The number of hydrogen-bond donors (Lipinski definition) is 3. The van der Waals surface area contributed by atoms with Gasteiger partial charge in [-0.15, -0.1) is 0 Å². The van der Waals surface area contributed by atoms with Crippen LogP contribution in [0.1, 0.15) is 12.5 Å². The lowest BCUT2D eigenvalue weighted by Crippen LogP contribution is -2.41. The summed E-state index contributed by atoms with van der Waals surface area (Å²) in [4.78, 5) is 4.17. The third-order valence-corrected chi connectivity index (χ3v) is 4.53. The normalized spacial score (nSPS) is 13.1. The van der Waals surface area contributed by atoms with E-state index in [2.05, 4.69) is 15.6 Å². The van der Waals surface area contributed by atoms with E-state index in [1.54, 1.807) is 31.3 Å². The first kappa shape index (κ1) is 20.7. The SMILES string of the molecule is CN=C(NCc1cccc(S(N)(=O)=O)c1)NCC(C)Oc1ccc(F)cc1. The van der Waals surface area contributed by atoms with Gasteiger partial charge in [0.05, 0.1) is 11.4 Å². The van der Waals surface area contributed by atoms with Crippen molar-refractivity contribution in [2.75, 3.05) is 13.6 Å². The summed E-state index contributed by atoms with van der Waals surface area (Å²) in [6.45, 7) is 2.71. The molecule has 0 saturated heterocycles. The van der Waals surface area contributed by atoms with Gasteiger partial charge < -0.3 is 15.4 Å². The summed E-state index contributed by atoms with van der Waals surface area (Å²) in [6.07, 6.45) is -0.181. The molecule has 0 saturated carbocycles. The molecular formula is C18H23FN4O3S. The molecule has 0 radical (unpaired) electrons. The highest BCUT2D eigenvalue weighted by Gasteiger charge is 2.09. The molecule has 0 aliphatic rings. The van der Waals surface area contributed by atoms with Gasteiger partial charge in [-0.2, -0.15) is 0 Å². The van der Waals surface area contributed by atoms with Crippen molar-refractivity contribution >= 4 is 16.0 Å². The largest absolute Gasteiger partial charge is 0.489 e. The Bertz CT molecular complexity index is 886. The number of nitrogens with one attached hydrogen (secondary N) is 2. The van der Waals surface area contributed by atoms with Crippen molar-refractivity contribution in [3.8, 4) is 5.75 Å². The second kappa shape index (κ2) is 9.33. The summed E-state index contributed by atoms with van der Waals surface area (Å²) < 4.78 is 41.4. The van der Waals surface area contributed by atoms with Gasteiger partial charge in [-0.1, -0.05) is 12.1 Å². The molecule has 146 valence electrons. The standard InChI is InChI=1S/C18H23FN4O3S/c1-13(26-16-8-6-15(19)7-9-16)11-22-18(21-2)23-12-14-4-3-5-17(10-14)27(20,24)25/h3-10,13H,11-12H2,1-2H3,(H2,20,24,25)(H2,21,22,23). The number of nitrogens with zero attached hydrogens (tertiary/aromatic N) is 1. The first-order valence-electron chi connectivity index (χ1n) is 8.26. The molecule has 9 heteroatoms. The molecule has 0 aromatic heterocycles. The van der Waals surface area contributed by atoms with Crippen LogP contribution in [0, 0.1) is 5.82 Å². The fraction of sp³-hybridized carbons (Fsp3) is 0.278. The highest BCUT2D eigenvalue weighted by Crippen LogP contribution is 2.13. The van der Waals surface area contributed by atoms with Gasteiger partial charge in [-0.3, -0.25) is 4.99 Å². The van der Waals surface area contributed by atoms with Crippen LogP contribution in [0.2, 0.25) is 0 Å². The first-order chi connectivity index (χ1) is 12.8. The zero-order chi connectivity index (χ0) is 19.9. The van der Waals surface area contributed by atoms with E-state index in [4.69, 9.17) is 9.88 Å². The molecule has 1 unspecified atom stereocenters. The molecular weight excluding hydrogens is 371 g/mol. The molecule has 0 aliphatic carbocycles. The topological polar surface area (TPSA) is 106 Å². The molecule has 0 amide bonds. The third-order valence-electron chi connectivity index (χ3n) is 3.62. The van der Waals surface area contributed by atoms with Crippen molar-refractivity contribution in [2.24, 2.45) is 10.1 Å². The molecule has 1 atom stereocenters. The summed E-state index contributed by atoms with van der Waals surface area (Å²) in [5.74, 6) is 0.795. The average Bonchev–Trinajstić information content (AvgIpc) is 2.63. The molecule has 2 rings (SSSR count). The van der Waals surface area contributed by atoms with Crippen molar-refractivity contribution in [1.29, 1.82) is 0 Å². The maximum absolute atomic E-state index is 12.9. The molecule has 0 heterocycles. The van der Waals surface area contributed by atoms with Gasteiger partial charge in [0, 0.05) is 13.6 Å². The number of primary sulfonamides is 1. The van der Waals surface area contributed by atoms with Crippen molar-refractivity contribution in [2.45, 2.75) is 24.5 Å². The number of aliphatic imine (C=N–C) groups is 1. The highest BCUT2D eigenvalue weighted by atomic mass is 32.2. The second-order valence-corrected chi connectivity index (χ2v) is 7.44. The third kappa shape index (κ3) is 6.87. The minimum atomic E-state index is -3.74. The van der Waals surface area contributed by atoms with Crippen LogP contribution in [-0.2, 0) is 16.6 Å². The van der Waals surface area contributed by atoms with E-state index in [0.717, 1.165) is 5.56 Å². The van der Waals surface area contributed by atoms with Gasteiger partial charge in [0.15, 0.2) is 5.96 Å². The van der Waals surface area contributed by atoms with Gasteiger partial charge >= 0.3 is 0 Å². The fourth-order valence-electron chi connectivity index (χ4n) is 2.27. The highest BCUT2D eigenvalue weighted by molar-refractivity contribution is 7.89. The monoisotopic (exact) mass is 394 g/mol. The molecule has 27 heavy (non-hydrogen) atoms. The van der Waals surface area contributed by atoms with E-state index in [1.807, 2.05) is 6.92 Å². The van der Waals surface area contributed by atoms with Crippen LogP contribution < -0.4 is 20.5 Å². The predicted octanol–water partition coefficient (Wildman–Crippen LogP) is 1.61. The number of sulfonamides is 1. The van der Waals surface area contributed by atoms with Crippen molar-refractivity contribution in [3.63, 3.8) is 0 Å². The van der Waals surface area contributed by atoms with Crippen LogP contribution >= 0.6 is 0 Å². The average molecular weight is 394 g/mol. The number of rotatable bonds is 7. The Morgan fingerprint density at radius 2 is 1.93 bits per heavy atom. The van der Waals surface area contributed by atoms with Crippen LogP contribution in [0.15, 0.2) is 58.4 Å². The summed E-state index contributed by atoms with van der Waals surface area (Å²) in [5.41, 5.74) is 0.750. The van der Waals surface area contributed by atoms with E-state index in [-0.39, 0.29) is 16.8 Å². The molecule has 4 N–H and O–H groups in total. The number of hydrogen-bond acceptors (Lipinski definition) is 4. The number of nitrogens with two attached hydrogens (primary N) is 1. The molecule has 0 bridgehead atoms. The lowest BCUT2D eigenvalue weighted by Gasteiger charge is -2.18. The summed E-state index contributed by atoms with van der Waals surface area (Å²) >= 11 is 0. The molecule has 0 aliphatic heterocycles. The summed E-state index contributed by atoms with van der Waals surface area (Å²) in [7, 11) is -2.11. The van der Waals surface area contributed by atoms with E-state index in [0.29, 0.717) is 24.8 Å². The lowest BCUT2D eigenvalue weighted by molar-refractivity contribution is 0.223. The Kier molecular flexibility index (Phi) is 7.14. The molecule has 7 nitrogen and oxygen atoms in total. The van der Waals surface area contributed by atoms with Crippen LogP contribution in [0.5, 0.6) is 5.75 Å². The van der Waals surface area contributed by atoms with Gasteiger partial charge in [0.25, 0.3) is 0 Å². The van der Waals surface area contributed by atoms with Crippen molar-refractivity contribution < 1.29 is 17.5 Å². The number of halogens is 1. The number of benzene rings is 2. The van der Waals surface area contributed by atoms with E-state index < -0.39 is 10.0 Å². The minimum absolute atomic E-state index is 0.0612. The molecule has 0 spiro atoms. The van der Waals surface area contributed by atoms with Crippen molar-refractivity contribution in [3.05, 3.63) is 59.9 Å². The van der Waals surface area contributed by atoms with Gasteiger partial charge in [-0.05, 0) is 48.9 Å². The lowest BCUT2D eigenvalue weighted by atomic mass is 10.2. The maximum atomic E-state index is 12.9. The van der Waals surface area contributed by atoms with Crippen LogP contribution in [0.3, 0.4) is 0 Å². The maximum Gasteiger partial charge on any atom is 0.238 e. The fourth-order valence-corrected chi connectivity index (χ4v) is 2.85. The van der Waals surface area contributed by atoms with Crippen molar-refractivity contribution in [1.82, 2.24) is 10.6 Å². The Morgan fingerprint density at radius 1 is 1.22 bits per heavy atom. The Morgan fingerprint density at radius 3 is 2.56 bits per heavy atom. The van der Waals surface area contributed by atoms with E-state index in [1.165, 1.54) is 24.3 Å². The quantitative estimate of drug-likeness (QED) is 0.489. The molecule has 0 fully saturated rings. The van der Waals surface area contributed by atoms with Gasteiger partial charge in [-0.25, -0.2) is 17.9 Å². The van der Waals surface area contributed by atoms with E-state index in [9.17, 15) is 12.8 Å². The predicted molar refractivity (Wildman–Crippen MR) is 103 cm³/mol. The minimum Gasteiger partial charge on any atom is -0.489 e. The zero-order valence-electron chi connectivity index (χ0n) is 15.1. The molecule has 2 aromatic rings. The Balaban J connectivity index is 1.84. The first-order valence-corrected chi connectivity index (χ1v) is 9.81. The Labute approximate surface area is 158 Å². The molecule has 2 aromatic carbocycles. The van der Waals surface area contributed by atoms with Gasteiger partial charge in [0.1, 0.15) is 17.7 Å². The number of guanidine groups is 1. The smallest absolute Gasteiger partial charge is 0.238 e. The Hall–Kier alpha value is -2.65. The summed E-state index contributed by atoms with van der Waals surface area (Å²) in [5, 5.41) is 11.3.